The number of aromatic amines is 2. The molecule has 9 rings (SSSR count). The third kappa shape index (κ3) is 3.44. The summed E-state index contributed by atoms with van der Waals surface area (Å²) in [5.74, 6) is -1.05. The van der Waals surface area contributed by atoms with Crippen LogP contribution in [0.2, 0.25) is 0 Å². The lowest BCUT2D eigenvalue weighted by molar-refractivity contribution is 0.0699. The second-order valence-corrected chi connectivity index (χ2v) is 10.9. The number of benzene rings is 4. The minimum absolute atomic E-state index is 0.130. The van der Waals surface area contributed by atoms with Crippen molar-refractivity contribution in [3.8, 4) is 45.0 Å². The first-order valence-electron chi connectivity index (χ1n) is 14.1. The Bertz CT molecular complexity index is 2500. The Balaban J connectivity index is 1.56. The molecule has 2 aliphatic rings. The van der Waals surface area contributed by atoms with Crippen LogP contribution in [0.25, 0.3) is 88.6 Å². The highest BCUT2D eigenvalue weighted by atomic mass is 16.4. The molecule has 0 spiro atoms. The monoisotopic (exact) mass is 554 g/mol. The van der Waals surface area contributed by atoms with Gasteiger partial charge in [0.1, 0.15) is 5.56 Å². The van der Waals surface area contributed by atoms with E-state index in [4.69, 9.17) is 9.97 Å². The summed E-state index contributed by atoms with van der Waals surface area (Å²) in [4.78, 5) is 30.3. The van der Waals surface area contributed by atoms with Crippen LogP contribution in [0.4, 0.5) is 0 Å². The van der Waals surface area contributed by atoms with Gasteiger partial charge in [0.05, 0.1) is 28.3 Å². The van der Waals surface area contributed by atoms with E-state index >= 15 is 0 Å². The van der Waals surface area contributed by atoms with Crippen molar-refractivity contribution >= 4 is 49.6 Å². The Morgan fingerprint density at radius 3 is 1.49 bits per heavy atom. The summed E-state index contributed by atoms with van der Waals surface area (Å²) in [5.41, 5.74) is 9.85. The summed E-state index contributed by atoms with van der Waals surface area (Å²) in [7, 11) is 0. The van der Waals surface area contributed by atoms with Crippen LogP contribution in [0.3, 0.4) is 0 Å². The summed E-state index contributed by atoms with van der Waals surface area (Å²) < 4.78 is 0. The van der Waals surface area contributed by atoms with Crippen LogP contribution in [-0.2, 0) is 0 Å². The van der Waals surface area contributed by atoms with Crippen molar-refractivity contribution in [3.05, 3.63) is 121 Å². The number of fused-ring (bicyclic) bond motifs is 20. The minimum atomic E-state index is -1.05. The molecule has 0 saturated carbocycles. The van der Waals surface area contributed by atoms with E-state index < -0.39 is 5.97 Å². The summed E-state index contributed by atoms with van der Waals surface area (Å²) in [6, 6.07) is 38.3. The molecule has 0 saturated heterocycles. The van der Waals surface area contributed by atoms with E-state index in [1.165, 1.54) is 0 Å². The van der Waals surface area contributed by atoms with Gasteiger partial charge in [-0.2, -0.15) is 0 Å². The van der Waals surface area contributed by atoms with Gasteiger partial charge in [-0.1, -0.05) is 97.1 Å². The van der Waals surface area contributed by atoms with Crippen LogP contribution in [0.1, 0.15) is 10.4 Å². The SMILES string of the molecule is O=C(O)c1c2nc(cc3[nH]c(cc4nc(cc5[nH]c1c1ccccc51)-c1ccccc1-4)c1ccccc31)-c1ccccc1-2. The standard InChI is InChI=1S/C37H22N4O2/c42-37(43)34-35-26-15-7-5-13-24(26)32(40-35)18-30-22-11-3-1-9-20(22)28(38-30)17-29-21-10-2-4-12-23(21)31(39-29)19-33-25-14-6-8-16-27(25)36(34)41-33/h1-19,38,41H,(H,42,43). The summed E-state index contributed by atoms with van der Waals surface area (Å²) >= 11 is 0. The Hall–Kier alpha value is -6.01. The number of aromatic carboxylic acids is 1. The highest BCUT2D eigenvalue weighted by Gasteiger charge is 2.25. The van der Waals surface area contributed by atoms with Gasteiger partial charge >= 0.3 is 5.97 Å². The Morgan fingerprint density at radius 1 is 0.512 bits per heavy atom. The zero-order valence-corrected chi connectivity index (χ0v) is 22.7. The first-order chi connectivity index (χ1) is 21.1. The largest absolute Gasteiger partial charge is 0.478 e. The second-order valence-electron chi connectivity index (χ2n) is 10.9. The number of hydrogen-bond donors (Lipinski definition) is 3. The van der Waals surface area contributed by atoms with Crippen molar-refractivity contribution in [3.63, 3.8) is 0 Å². The fourth-order valence-electron chi connectivity index (χ4n) is 6.57. The fraction of sp³-hybridized carbons (Fsp3) is 0. The number of H-pyrrole nitrogens is 2. The van der Waals surface area contributed by atoms with Gasteiger partial charge in [0.25, 0.3) is 0 Å². The number of carbonyl (C=O) groups is 1. The molecule has 0 unspecified atom stereocenters. The summed E-state index contributed by atoms with van der Waals surface area (Å²) in [6.45, 7) is 0. The van der Waals surface area contributed by atoms with Crippen molar-refractivity contribution in [2.75, 3.05) is 0 Å². The molecule has 3 N–H and O–H groups in total. The molecule has 4 aromatic carbocycles. The van der Waals surface area contributed by atoms with E-state index in [1.807, 2.05) is 84.9 Å². The molecular weight excluding hydrogens is 532 g/mol. The number of aromatic nitrogens is 4. The molecule has 0 atom stereocenters. The third-order valence-corrected chi connectivity index (χ3v) is 8.48. The molecule has 6 nitrogen and oxygen atoms in total. The van der Waals surface area contributed by atoms with Gasteiger partial charge < -0.3 is 15.1 Å². The van der Waals surface area contributed by atoms with Gasteiger partial charge in [-0.25, -0.2) is 14.8 Å². The molecule has 0 fully saturated rings. The number of nitrogens with zero attached hydrogens (tertiary/aromatic N) is 2. The van der Waals surface area contributed by atoms with Crippen molar-refractivity contribution in [1.82, 2.24) is 19.9 Å². The molecule has 43 heavy (non-hydrogen) atoms. The molecule has 0 radical (unpaired) electrons. The summed E-state index contributed by atoms with van der Waals surface area (Å²) in [5, 5.41) is 14.6. The fourth-order valence-corrected chi connectivity index (χ4v) is 6.57. The van der Waals surface area contributed by atoms with Crippen LogP contribution in [0.15, 0.2) is 115 Å². The molecule has 0 amide bonds. The van der Waals surface area contributed by atoms with Gasteiger partial charge in [0, 0.05) is 60.3 Å². The topological polar surface area (TPSA) is 94.7 Å². The molecule has 202 valence electrons. The number of hydrogen-bond acceptors (Lipinski definition) is 3. The molecule has 5 heterocycles. The van der Waals surface area contributed by atoms with Gasteiger partial charge in [0.2, 0.25) is 0 Å². The number of nitrogens with one attached hydrogen (secondary N) is 2. The molecule has 7 aromatic rings. The lowest BCUT2D eigenvalue weighted by Crippen LogP contribution is -2.00. The van der Waals surface area contributed by atoms with Crippen LogP contribution in [0, 0.1) is 0 Å². The van der Waals surface area contributed by atoms with Crippen molar-refractivity contribution in [2.45, 2.75) is 0 Å². The maximum Gasteiger partial charge on any atom is 0.340 e. The van der Waals surface area contributed by atoms with E-state index in [0.29, 0.717) is 16.9 Å². The van der Waals surface area contributed by atoms with E-state index in [-0.39, 0.29) is 5.56 Å². The van der Waals surface area contributed by atoms with E-state index in [1.54, 1.807) is 0 Å². The Labute approximate surface area is 245 Å². The van der Waals surface area contributed by atoms with Crippen LogP contribution in [-0.4, -0.2) is 31.0 Å². The average molecular weight is 555 g/mol. The Morgan fingerprint density at radius 2 is 0.930 bits per heavy atom. The van der Waals surface area contributed by atoms with Crippen molar-refractivity contribution in [2.24, 2.45) is 0 Å². The van der Waals surface area contributed by atoms with Crippen molar-refractivity contribution < 1.29 is 9.90 Å². The lowest BCUT2D eigenvalue weighted by Gasteiger charge is -2.02. The third-order valence-electron chi connectivity index (χ3n) is 8.48. The molecular formula is C37H22N4O2. The highest BCUT2D eigenvalue weighted by molar-refractivity contribution is 6.16. The molecule has 0 aliphatic carbocycles. The minimum Gasteiger partial charge on any atom is -0.478 e. The second kappa shape index (κ2) is 8.74. The quantitative estimate of drug-likeness (QED) is 0.189. The maximum absolute atomic E-state index is 13.1. The smallest absolute Gasteiger partial charge is 0.340 e. The average Bonchev–Trinajstić information content (AvgIpc) is 3.77. The first kappa shape index (κ1) is 23.7. The zero-order valence-electron chi connectivity index (χ0n) is 22.7. The zero-order chi connectivity index (χ0) is 28.7. The van der Waals surface area contributed by atoms with Crippen molar-refractivity contribution in [1.29, 1.82) is 0 Å². The lowest BCUT2D eigenvalue weighted by atomic mass is 10.0. The van der Waals surface area contributed by atoms with Crippen LogP contribution >= 0.6 is 0 Å². The number of rotatable bonds is 1. The highest BCUT2D eigenvalue weighted by Crippen LogP contribution is 2.41. The first-order valence-corrected chi connectivity index (χ1v) is 14.1. The van der Waals surface area contributed by atoms with Crippen LogP contribution < -0.4 is 0 Å². The van der Waals surface area contributed by atoms with E-state index in [0.717, 1.165) is 71.7 Å². The molecule has 8 bridgehead atoms. The number of carboxylic acid groups (broad SMARTS) is 1. The molecule has 6 heteroatoms. The maximum atomic E-state index is 13.1. The summed E-state index contributed by atoms with van der Waals surface area (Å²) in [6.07, 6.45) is 0. The van der Waals surface area contributed by atoms with Gasteiger partial charge in [-0.3, -0.25) is 0 Å². The van der Waals surface area contributed by atoms with Gasteiger partial charge in [-0.05, 0) is 18.2 Å². The number of carboxylic acids is 1. The van der Waals surface area contributed by atoms with E-state index in [2.05, 4.69) is 40.3 Å². The Kier molecular flexibility index (Phi) is 4.81. The van der Waals surface area contributed by atoms with Crippen LogP contribution in [0.5, 0.6) is 0 Å². The predicted octanol–water partition coefficient (Wildman–Crippen LogP) is 8.99. The molecule has 3 aromatic heterocycles. The predicted molar refractivity (Wildman–Crippen MR) is 172 cm³/mol. The van der Waals surface area contributed by atoms with Gasteiger partial charge in [-0.15, -0.1) is 0 Å². The van der Waals surface area contributed by atoms with Gasteiger partial charge in [0.15, 0.2) is 0 Å². The molecule has 2 aliphatic heterocycles. The normalized spacial score (nSPS) is 11.9. The van der Waals surface area contributed by atoms with E-state index in [9.17, 15) is 9.90 Å².